The van der Waals surface area contributed by atoms with Crippen LogP contribution in [0.3, 0.4) is 0 Å². The van der Waals surface area contributed by atoms with Crippen molar-refractivity contribution in [3.63, 3.8) is 0 Å². The molecule has 15 heavy (non-hydrogen) atoms. The fourth-order valence-corrected chi connectivity index (χ4v) is 1.67. The van der Waals surface area contributed by atoms with E-state index in [0.29, 0.717) is 5.56 Å². The van der Waals surface area contributed by atoms with Crippen molar-refractivity contribution in [2.45, 2.75) is 6.92 Å². The number of hydrogen-bond acceptors (Lipinski definition) is 2. The molecule has 0 N–H and O–H groups in total. The summed E-state index contributed by atoms with van der Waals surface area (Å²) in [4.78, 5) is 11.5. The summed E-state index contributed by atoms with van der Waals surface area (Å²) in [5.74, 6) is -0.286. The fraction of sp³-hybridized carbons (Fsp3) is 0.154. The van der Waals surface area contributed by atoms with Crippen molar-refractivity contribution in [1.29, 1.82) is 0 Å². The molecule has 0 aliphatic rings. The van der Waals surface area contributed by atoms with Gasteiger partial charge >= 0.3 is 5.97 Å². The van der Waals surface area contributed by atoms with Crippen LogP contribution in [0.1, 0.15) is 15.9 Å². The molecular weight excluding hydrogens is 188 g/mol. The summed E-state index contributed by atoms with van der Waals surface area (Å²) >= 11 is 0. The van der Waals surface area contributed by atoms with Crippen molar-refractivity contribution < 1.29 is 9.53 Å². The Balaban J connectivity index is 2.74. The quantitative estimate of drug-likeness (QED) is 0.661. The van der Waals surface area contributed by atoms with Gasteiger partial charge in [0.2, 0.25) is 0 Å². The van der Waals surface area contributed by atoms with Crippen LogP contribution in [-0.2, 0) is 4.74 Å². The van der Waals surface area contributed by atoms with Crippen LogP contribution in [0.15, 0.2) is 36.4 Å². The van der Waals surface area contributed by atoms with Gasteiger partial charge in [-0.05, 0) is 23.8 Å². The first-order valence-corrected chi connectivity index (χ1v) is 4.80. The molecule has 76 valence electrons. The van der Waals surface area contributed by atoms with E-state index in [1.54, 1.807) is 6.07 Å². The highest BCUT2D eigenvalue weighted by Gasteiger charge is 2.09. The Morgan fingerprint density at radius 1 is 1.20 bits per heavy atom. The third-order valence-corrected chi connectivity index (χ3v) is 2.44. The van der Waals surface area contributed by atoms with E-state index < -0.39 is 0 Å². The molecule has 0 aliphatic heterocycles. The molecule has 0 aliphatic carbocycles. The zero-order valence-corrected chi connectivity index (χ0v) is 8.78. The number of fused-ring (bicyclic) bond motifs is 1. The van der Waals surface area contributed by atoms with Crippen molar-refractivity contribution in [3.05, 3.63) is 47.5 Å². The van der Waals surface area contributed by atoms with Gasteiger partial charge in [-0.2, -0.15) is 0 Å². The first-order chi connectivity index (χ1) is 7.22. The highest BCUT2D eigenvalue weighted by Crippen LogP contribution is 2.20. The summed E-state index contributed by atoms with van der Waals surface area (Å²) < 4.78 is 4.75. The molecule has 0 unspecified atom stereocenters. The molecule has 2 aromatic rings. The lowest BCUT2D eigenvalue weighted by Gasteiger charge is -2.05. The van der Waals surface area contributed by atoms with Gasteiger partial charge in [-0.3, -0.25) is 0 Å². The van der Waals surface area contributed by atoms with Crippen LogP contribution in [0.4, 0.5) is 0 Å². The molecule has 2 rings (SSSR count). The van der Waals surface area contributed by atoms with E-state index in [1.807, 2.05) is 37.3 Å². The zero-order valence-electron chi connectivity index (χ0n) is 8.78. The lowest BCUT2D eigenvalue weighted by Crippen LogP contribution is -2.01. The van der Waals surface area contributed by atoms with Gasteiger partial charge in [-0.25, -0.2) is 4.79 Å². The molecule has 0 amide bonds. The van der Waals surface area contributed by atoms with Gasteiger partial charge in [0.05, 0.1) is 12.7 Å². The van der Waals surface area contributed by atoms with E-state index in [2.05, 4.69) is 0 Å². The van der Waals surface area contributed by atoms with Crippen molar-refractivity contribution in [3.8, 4) is 0 Å². The predicted octanol–water partition coefficient (Wildman–Crippen LogP) is 2.93. The molecular formula is C13H12O2. The summed E-state index contributed by atoms with van der Waals surface area (Å²) in [7, 11) is 1.40. The molecule has 0 spiro atoms. The minimum absolute atomic E-state index is 0.286. The molecule has 2 aromatic carbocycles. The second-order valence-corrected chi connectivity index (χ2v) is 3.52. The second-order valence-electron chi connectivity index (χ2n) is 3.52. The van der Waals surface area contributed by atoms with Gasteiger partial charge in [-0.15, -0.1) is 0 Å². The minimum atomic E-state index is -0.286. The van der Waals surface area contributed by atoms with E-state index in [0.717, 1.165) is 16.3 Å². The van der Waals surface area contributed by atoms with Crippen LogP contribution >= 0.6 is 0 Å². The smallest absolute Gasteiger partial charge is 0.338 e. The van der Waals surface area contributed by atoms with Crippen LogP contribution in [0, 0.1) is 6.92 Å². The number of carbonyl (C=O) groups excluding carboxylic acids is 1. The van der Waals surface area contributed by atoms with E-state index in [4.69, 9.17) is 4.74 Å². The number of aryl methyl sites for hydroxylation is 1. The summed E-state index contributed by atoms with van der Waals surface area (Å²) in [5.41, 5.74) is 1.76. The Kier molecular flexibility index (Phi) is 2.42. The Bertz CT molecular complexity index is 515. The molecule has 0 heterocycles. The molecule has 0 atom stereocenters. The zero-order chi connectivity index (χ0) is 10.8. The molecule has 0 radical (unpaired) electrons. The Morgan fingerprint density at radius 2 is 2.00 bits per heavy atom. The minimum Gasteiger partial charge on any atom is -0.465 e. The largest absolute Gasteiger partial charge is 0.465 e. The predicted molar refractivity (Wildman–Crippen MR) is 60.0 cm³/mol. The lowest BCUT2D eigenvalue weighted by molar-refractivity contribution is 0.0603. The van der Waals surface area contributed by atoms with E-state index >= 15 is 0 Å². The van der Waals surface area contributed by atoms with Gasteiger partial charge in [0.15, 0.2) is 0 Å². The van der Waals surface area contributed by atoms with Gasteiger partial charge in [0.1, 0.15) is 0 Å². The van der Waals surface area contributed by atoms with Crippen LogP contribution in [-0.4, -0.2) is 13.1 Å². The van der Waals surface area contributed by atoms with Gasteiger partial charge < -0.3 is 4.74 Å². The van der Waals surface area contributed by atoms with Crippen molar-refractivity contribution in [2.24, 2.45) is 0 Å². The summed E-state index contributed by atoms with van der Waals surface area (Å²) in [6, 6.07) is 11.7. The van der Waals surface area contributed by atoms with Crippen molar-refractivity contribution >= 4 is 16.7 Å². The normalized spacial score (nSPS) is 10.3. The standard InChI is InChI=1S/C13H12O2/c1-9-6-7-10-4-3-5-11(12(10)8-9)13(14)15-2/h3-8H,1-2H3. The van der Waals surface area contributed by atoms with E-state index in [1.165, 1.54) is 7.11 Å². The number of ether oxygens (including phenoxy) is 1. The molecule has 0 bridgehead atoms. The van der Waals surface area contributed by atoms with Crippen molar-refractivity contribution in [2.75, 3.05) is 7.11 Å². The third kappa shape index (κ3) is 1.71. The van der Waals surface area contributed by atoms with Crippen LogP contribution in [0.2, 0.25) is 0 Å². The molecule has 0 saturated heterocycles. The van der Waals surface area contributed by atoms with Crippen molar-refractivity contribution in [1.82, 2.24) is 0 Å². The number of methoxy groups -OCH3 is 1. The lowest BCUT2D eigenvalue weighted by atomic mass is 10.0. The average Bonchev–Trinajstić information content (AvgIpc) is 2.27. The van der Waals surface area contributed by atoms with E-state index in [9.17, 15) is 4.79 Å². The topological polar surface area (TPSA) is 26.3 Å². The number of hydrogen-bond donors (Lipinski definition) is 0. The highest BCUT2D eigenvalue weighted by atomic mass is 16.5. The highest BCUT2D eigenvalue weighted by molar-refractivity contribution is 6.04. The summed E-state index contributed by atoms with van der Waals surface area (Å²) in [5, 5.41) is 2.01. The summed E-state index contributed by atoms with van der Waals surface area (Å²) in [6.07, 6.45) is 0. The molecule has 0 saturated carbocycles. The fourth-order valence-electron chi connectivity index (χ4n) is 1.67. The monoisotopic (exact) mass is 200 g/mol. The average molecular weight is 200 g/mol. The first-order valence-electron chi connectivity index (χ1n) is 4.80. The maximum atomic E-state index is 11.5. The van der Waals surface area contributed by atoms with Crippen LogP contribution in [0.5, 0.6) is 0 Å². The number of rotatable bonds is 1. The third-order valence-electron chi connectivity index (χ3n) is 2.44. The number of esters is 1. The maximum Gasteiger partial charge on any atom is 0.338 e. The summed E-state index contributed by atoms with van der Waals surface area (Å²) in [6.45, 7) is 2.01. The number of carbonyl (C=O) groups is 1. The molecule has 0 fully saturated rings. The van der Waals surface area contributed by atoms with Crippen LogP contribution < -0.4 is 0 Å². The van der Waals surface area contributed by atoms with E-state index in [-0.39, 0.29) is 5.97 Å². The molecule has 2 nitrogen and oxygen atoms in total. The number of benzene rings is 2. The Labute approximate surface area is 88.5 Å². The Hall–Kier alpha value is -1.83. The van der Waals surface area contributed by atoms with Gasteiger partial charge in [0, 0.05) is 0 Å². The molecule has 0 aromatic heterocycles. The van der Waals surface area contributed by atoms with Gasteiger partial charge in [0.25, 0.3) is 0 Å². The first kappa shape index (κ1) is 9.71. The molecule has 2 heteroatoms. The maximum absolute atomic E-state index is 11.5. The van der Waals surface area contributed by atoms with Crippen LogP contribution in [0.25, 0.3) is 10.8 Å². The van der Waals surface area contributed by atoms with Gasteiger partial charge in [-0.1, -0.05) is 35.9 Å². The SMILES string of the molecule is COC(=O)c1cccc2ccc(C)cc12. The Morgan fingerprint density at radius 3 is 2.73 bits per heavy atom. The second kappa shape index (κ2) is 3.73.